The Morgan fingerprint density at radius 2 is 0.333 bits per heavy atom. The summed E-state index contributed by atoms with van der Waals surface area (Å²) in [6, 6.07) is 0. The quantitative estimate of drug-likeness (QED) is 0.527. The first-order valence-electron chi connectivity index (χ1n) is 0. The predicted octanol–water partition coefficient (Wildman–Crippen LogP) is 2.89. The molecule has 0 atom stereocenters. The summed E-state index contributed by atoms with van der Waals surface area (Å²) in [5, 5.41) is 0. The topological polar surface area (TPSA) is 0 Å². The molecule has 0 unspecified atom stereocenters. The Morgan fingerprint density at radius 3 is 0.333 bits per heavy atom. The molecule has 0 N–H and O–H groups in total. The van der Waals surface area contributed by atoms with Gasteiger partial charge in [-0.25, -0.2) is 0 Å². The molecular weight excluding hydrogens is 450 g/mol. The molecule has 0 amide bonds. The Balaban J connectivity index is 0. The van der Waals surface area contributed by atoms with E-state index in [1.54, 1.807) is 0 Å². The maximum atomic E-state index is 0. The number of hydrogen-bond acceptors (Lipinski definition) is 0. The molecule has 0 heterocycles. The molecule has 6 heteroatoms. The van der Waals surface area contributed by atoms with Gasteiger partial charge in [0, 0.05) is 18.6 Å². The largest absolute Gasteiger partial charge is 0.114 e. The summed E-state index contributed by atoms with van der Waals surface area (Å²) in [5.41, 5.74) is 0. The maximum Gasteiger partial charge on any atom is 0 e. The SMILES string of the molecule is Br.Br.Br.Br.Br.[V]. The Labute approximate surface area is 102 Å². The molecule has 0 bridgehead atoms. The van der Waals surface area contributed by atoms with Gasteiger partial charge in [0.05, 0.1) is 0 Å². The van der Waals surface area contributed by atoms with Crippen LogP contribution in [0, 0.1) is 0 Å². The molecule has 0 saturated carbocycles. The van der Waals surface area contributed by atoms with Crippen LogP contribution < -0.4 is 0 Å². The normalized spacial score (nSPS) is 0. The monoisotopic (exact) mass is 451 g/mol. The van der Waals surface area contributed by atoms with E-state index in [0.29, 0.717) is 0 Å². The van der Waals surface area contributed by atoms with Crippen molar-refractivity contribution in [3.8, 4) is 0 Å². The van der Waals surface area contributed by atoms with E-state index in [1.165, 1.54) is 0 Å². The van der Waals surface area contributed by atoms with E-state index >= 15 is 0 Å². The zero-order valence-electron chi connectivity index (χ0n) is 2.49. The molecule has 0 aliphatic carbocycles. The van der Waals surface area contributed by atoms with E-state index in [1.807, 2.05) is 0 Å². The van der Waals surface area contributed by atoms with Gasteiger partial charge in [0.15, 0.2) is 0 Å². The number of rotatable bonds is 0. The van der Waals surface area contributed by atoms with Crippen molar-refractivity contribution >= 4 is 84.9 Å². The third-order valence-electron chi connectivity index (χ3n) is 0. The predicted molar refractivity (Wildman–Crippen MR) is 51.6 cm³/mol. The Hall–Kier alpha value is 2.98. The van der Waals surface area contributed by atoms with Gasteiger partial charge in [-0.3, -0.25) is 0 Å². The molecule has 0 saturated heterocycles. The van der Waals surface area contributed by atoms with Gasteiger partial charge in [-0.05, 0) is 0 Å². The van der Waals surface area contributed by atoms with Crippen molar-refractivity contribution in [1.82, 2.24) is 0 Å². The standard InChI is InChI=1S/5BrH.V/h5*1H;. The summed E-state index contributed by atoms with van der Waals surface area (Å²) in [5.74, 6) is 0. The summed E-state index contributed by atoms with van der Waals surface area (Å²) in [4.78, 5) is 0. The smallest absolute Gasteiger partial charge is 0 e. The minimum Gasteiger partial charge on any atom is -0.114 e. The van der Waals surface area contributed by atoms with E-state index in [9.17, 15) is 0 Å². The van der Waals surface area contributed by atoms with Crippen molar-refractivity contribution < 1.29 is 18.6 Å². The second-order valence-corrected chi connectivity index (χ2v) is 0. The second-order valence-electron chi connectivity index (χ2n) is 0. The molecular formula is H5Br5V. The van der Waals surface area contributed by atoms with Gasteiger partial charge >= 0.3 is 0 Å². The zero-order chi connectivity index (χ0) is 0. The Bertz CT molecular complexity index is 3.90. The van der Waals surface area contributed by atoms with Gasteiger partial charge in [-0.15, -0.1) is 84.9 Å². The Morgan fingerprint density at radius 1 is 0.333 bits per heavy atom. The van der Waals surface area contributed by atoms with Crippen LogP contribution in [0.25, 0.3) is 0 Å². The molecule has 0 aliphatic rings. The maximum absolute atomic E-state index is 0. The van der Waals surface area contributed by atoms with Crippen LogP contribution in [0.1, 0.15) is 0 Å². The van der Waals surface area contributed by atoms with Crippen LogP contribution in [0.15, 0.2) is 0 Å². The first kappa shape index (κ1) is 64.3. The fourth-order valence-corrected chi connectivity index (χ4v) is 0. The van der Waals surface area contributed by atoms with Gasteiger partial charge in [0.1, 0.15) is 0 Å². The summed E-state index contributed by atoms with van der Waals surface area (Å²) in [7, 11) is 0. The molecule has 45 valence electrons. The van der Waals surface area contributed by atoms with E-state index < -0.39 is 0 Å². The molecule has 0 aliphatic heterocycles. The van der Waals surface area contributed by atoms with Gasteiger partial charge in [0.2, 0.25) is 0 Å². The van der Waals surface area contributed by atoms with Crippen molar-refractivity contribution in [2.45, 2.75) is 0 Å². The Kier molecular flexibility index (Phi) is 469. The van der Waals surface area contributed by atoms with Gasteiger partial charge in [-0.1, -0.05) is 0 Å². The van der Waals surface area contributed by atoms with E-state index in [2.05, 4.69) is 0 Å². The third kappa shape index (κ3) is 28.1. The molecule has 6 heavy (non-hydrogen) atoms. The van der Waals surface area contributed by atoms with E-state index in [0.717, 1.165) is 0 Å². The molecule has 0 rings (SSSR count). The average molecular weight is 456 g/mol. The van der Waals surface area contributed by atoms with Gasteiger partial charge < -0.3 is 0 Å². The van der Waals surface area contributed by atoms with Crippen LogP contribution in [0.5, 0.6) is 0 Å². The molecule has 0 aromatic heterocycles. The van der Waals surface area contributed by atoms with Gasteiger partial charge in [-0.2, -0.15) is 0 Å². The fourth-order valence-electron chi connectivity index (χ4n) is 0. The van der Waals surface area contributed by atoms with Crippen LogP contribution in [-0.4, -0.2) is 0 Å². The van der Waals surface area contributed by atoms with E-state index in [4.69, 9.17) is 0 Å². The molecule has 0 spiro atoms. The summed E-state index contributed by atoms with van der Waals surface area (Å²) in [6.07, 6.45) is 0. The summed E-state index contributed by atoms with van der Waals surface area (Å²) >= 11 is 0. The van der Waals surface area contributed by atoms with Gasteiger partial charge in [0.25, 0.3) is 0 Å². The molecule has 1 radical (unpaired) electrons. The molecule has 0 aromatic rings. The number of halogens is 5. The summed E-state index contributed by atoms with van der Waals surface area (Å²) < 4.78 is 0. The van der Waals surface area contributed by atoms with E-state index in [-0.39, 0.29) is 103 Å². The molecule has 0 fully saturated rings. The summed E-state index contributed by atoms with van der Waals surface area (Å²) in [6.45, 7) is 0. The molecule has 0 aromatic carbocycles. The van der Waals surface area contributed by atoms with Crippen LogP contribution >= 0.6 is 84.9 Å². The average Bonchev–Trinajstić information content (AvgIpc) is 0. The van der Waals surface area contributed by atoms with Crippen LogP contribution in [-0.2, 0) is 18.6 Å². The first-order valence-corrected chi connectivity index (χ1v) is 0. The zero-order valence-corrected chi connectivity index (χ0v) is 12.5. The van der Waals surface area contributed by atoms with Crippen molar-refractivity contribution in [1.29, 1.82) is 0 Å². The molecule has 0 nitrogen and oxygen atoms in total. The van der Waals surface area contributed by atoms with Crippen LogP contribution in [0.2, 0.25) is 0 Å². The number of hydrogen-bond donors (Lipinski definition) is 0. The second kappa shape index (κ2) is 43.7. The fraction of sp³-hybridized carbons (Fsp3) is 0. The third-order valence-corrected chi connectivity index (χ3v) is 0. The van der Waals surface area contributed by atoms with Crippen molar-refractivity contribution in [2.75, 3.05) is 0 Å². The van der Waals surface area contributed by atoms with Crippen molar-refractivity contribution in [3.63, 3.8) is 0 Å². The first-order chi connectivity index (χ1) is 0. The minimum absolute atomic E-state index is 0. The van der Waals surface area contributed by atoms with Crippen LogP contribution in [0.3, 0.4) is 0 Å². The van der Waals surface area contributed by atoms with Crippen molar-refractivity contribution in [3.05, 3.63) is 0 Å². The minimum atomic E-state index is 0. The van der Waals surface area contributed by atoms with Crippen molar-refractivity contribution in [2.24, 2.45) is 0 Å². The van der Waals surface area contributed by atoms with Crippen LogP contribution in [0.4, 0.5) is 0 Å².